The molecule has 0 saturated heterocycles. The Morgan fingerprint density at radius 1 is 1.60 bits per heavy atom. The molecule has 0 amide bonds. The quantitative estimate of drug-likeness (QED) is 0.554. The van der Waals surface area contributed by atoms with Crippen molar-refractivity contribution in [2.45, 2.75) is 20.8 Å². The Morgan fingerprint density at radius 2 is 2.20 bits per heavy atom. The molecule has 56 valence electrons. The molecule has 0 aliphatic heterocycles. The molecule has 1 rings (SSSR count). The number of ketones is 1. The molecule has 4 nitrogen and oxygen atoms in total. The van der Waals surface area contributed by atoms with E-state index in [1.807, 2.05) is 13.8 Å². The van der Waals surface area contributed by atoms with Gasteiger partial charge in [-0.1, -0.05) is 19.0 Å². The minimum Gasteiger partial charge on any atom is -0.293 e. The van der Waals surface area contributed by atoms with E-state index < -0.39 is 0 Å². The van der Waals surface area contributed by atoms with Crippen LogP contribution in [0.2, 0.25) is 0 Å². The summed E-state index contributed by atoms with van der Waals surface area (Å²) < 4.78 is 4.15. The minimum atomic E-state index is -0.133. The number of hydrogen-bond donors (Lipinski definition) is 0. The molecule has 0 bridgehead atoms. The van der Waals surface area contributed by atoms with E-state index >= 15 is 0 Å². The van der Waals surface area contributed by atoms with Crippen molar-refractivity contribution in [1.82, 2.24) is 10.3 Å². The molecule has 1 aromatic heterocycles. The Kier molecular flexibility index (Phi) is 4.11. The van der Waals surface area contributed by atoms with E-state index in [1.54, 1.807) is 0 Å². The van der Waals surface area contributed by atoms with Gasteiger partial charge >= 0.3 is 0 Å². The van der Waals surface area contributed by atoms with Crippen molar-refractivity contribution in [3.63, 3.8) is 0 Å². The first-order chi connectivity index (χ1) is 4.80. The molecule has 10 heavy (non-hydrogen) atoms. The molecule has 1 aromatic rings. The van der Waals surface area contributed by atoms with Crippen molar-refractivity contribution in [3.8, 4) is 0 Å². The van der Waals surface area contributed by atoms with Gasteiger partial charge in [-0.05, 0) is 5.16 Å². The molecule has 0 fully saturated rings. The fourth-order valence-corrected chi connectivity index (χ4v) is 0.320. The number of nitrogens with zero attached hydrogens (tertiary/aromatic N) is 2. The van der Waals surface area contributed by atoms with Gasteiger partial charge in [0.2, 0.25) is 0 Å². The van der Waals surface area contributed by atoms with Crippen LogP contribution in [0.3, 0.4) is 0 Å². The molecule has 0 unspecified atom stereocenters. The van der Waals surface area contributed by atoms with Crippen LogP contribution >= 0.6 is 0 Å². The summed E-state index contributed by atoms with van der Waals surface area (Å²) in [6.07, 6.45) is 1.28. The SMILES string of the molecule is CC.CC(=O)c1cnon1. The maximum atomic E-state index is 10.3. The summed E-state index contributed by atoms with van der Waals surface area (Å²) in [6, 6.07) is 0. The van der Waals surface area contributed by atoms with Gasteiger partial charge in [0, 0.05) is 6.92 Å². The van der Waals surface area contributed by atoms with E-state index in [1.165, 1.54) is 13.1 Å². The molecular formula is C6H10N2O2. The normalized spacial score (nSPS) is 7.90. The Morgan fingerprint density at radius 3 is 2.40 bits per heavy atom. The zero-order chi connectivity index (χ0) is 7.98. The number of carbonyl (C=O) groups excluding carboxylic acids is 1. The van der Waals surface area contributed by atoms with Crippen molar-refractivity contribution in [3.05, 3.63) is 11.9 Å². The minimum absolute atomic E-state index is 0.133. The largest absolute Gasteiger partial charge is 0.293 e. The summed E-state index contributed by atoms with van der Waals surface area (Å²) in [4.78, 5) is 10.3. The van der Waals surface area contributed by atoms with Crippen molar-refractivity contribution in [2.75, 3.05) is 0 Å². The molecule has 0 N–H and O–H groups in total. The van der Waals surface area contributed by atoms with Gasteiger partial charge in [-0.25, -0.2) is 4.63 Å². The predicted octanol–water partition coefficient (Wildman–Crippen LogP) is 1.30. The standard InChI is InChI=1S/C4H4N2O2.C2H6/c1-3(7)4-2-5-8-6-4;1-2/h2H,1H3;1-2H3. The zero-order valence-corrected chi connectivity index (χ0v) is 6.29. The van der Waals surface area contributed by atoms with Crippen LogP contribution in [0.1, 0.15) is 31.3 Å². The topological polar surface area (TPSA) is 56.0 Å². The molecular weight excluding hydrogens is 132 g/mol. The lowest BCUT2D eigenvalue weighted by atomic mass is 10.3. The summed E-state index contributed by atoms with van der Waals surface area (Å²) in [7, 11) is 0. The van der Waals surface area contributed by atoms with Crippen LogP contribution in [-0.2, 0) is 0 Å². The number of hydrogen-bond acceptors (Lipinski definition) is 4. The molecule has 0 saturated carbocycles. The fourth-order valence-electron chi connectivity index (χ4n) is 0.320. The lowest BCUT2D eigenvalue weighted by Gasteiger charge is -1.74. The van der Waals surface area contributed by atoms with Gasteiger partial charge in [-0.3, -0.25) is 4.79 Å². The lowest BCUT2D eigenvalue weighted by molar-refractivity contribution is 0.100. The highest BCUT2D eigenvalue weighted by atomic mass is 16.6. The van der Waals surface area contributed by atoms with Gasteiger partial charge in [0.1, 0.15) is 6.20 Å². The highest BCUT2D eigenvalue weighted by molar-refractivity contribution is 5.91. The Bertz CT molecular complexity index is 182. The monoisotopic (exact) mass is 142 g/mol. The molecule has 4 heteroatoms. The van der Waals surface area contributed by atoms with E-state index in [0.29, 0.717) is 0 Å². The van der Waals surface area contributed by atoms with Crippen LogP contribution in [-0.4, -0.2) is 16.1 Å². The van der Waals surface area contributed by atoms with Gasteiger partial charge in [-0.2, -0.15) is 0 Å². The van der Waals surface area contributed by atoms with E-state index in [9.17, 15) is 4.79 Å². The molecule has 0 atom stereocenters. The van der Waals surface area contributed by atoms with Crippen LogP contribution in [0.15, 0.2) is 10.8 Å². The van der Waals surface area contributed by atoms with Crippen LogP contribution in [0.5, 0.6) is 0 Å². The lowest BCUT2D eigenvalue weighted by Crippen LogP contribution is -1.89. The van der Waals surface area contributed by atoms with Gasteiger partial charge < -0.3 is 0 Å². The Hall–Kier alpha value is -1.19. The maximum absolute atomic E-state index is 10.3. The second kappa shape index (κ2) is 4.67. The summed E-state index contributed by atoms with van der Waals surface area (Å²) >= 11 is 0. The number of Topliss-reactive ketones (excluding diaryl/α,β-unsaturated/α-hetero) is 1. The van der Waals surface area contributed by atoms with Crippen LogP contribution in [0, 0.1) is 0 Å². The van der Waals surface area contributed by atoms with E-state index in [0.717, 1.165) is 0 Å². The number of aromatic nitrogens is 2. The average molecular weight is 142 g/mol. The predicted molar refractivity (Wildman–Crippen MR) is 35.7 cm³/mol. The first kappa shape index (κ1) is 8.81. The molecule has 0 radical (unpaired) electrons. The van der Waals surface area contributed by atoms with Crippen molar-refractivity contribution >= 4 is 5.78 Å². The van der Waals surface area contributed by atoms with Gasteiger partial charge in [0.05, 0.1) is 0 Å². The summed E-state index contributed by atoms with van der Waals surface area (Å²) in [5.74, 6) is -0.133. The summed E-state index contributed by atoms with van der Waals surface area (Å²) in [5, 5.41) is 6.52. The van der Waals surface area contributed by atoms with E-state index in [2.05, 4.69) is 14.9 Å². The molecule has 0 aliphatic carbocycles. The molecule has 0 aliphatic rings. The molecule has 0 aromatic carbocycles. The van der Waals surface area contributed by atoms with Crippen molar-refractivity contribution < 1.29 is 9.42 Å². The summed E-state index contributed by atoms with van der Waals surface area (Å²) in [6.45, 7) is 5.40. The fraction of sp³-hybridized carbons (Fsp3) is 0.500. The molecule has 1 heterocycles. The Labute approximate surface area is 59.2 Å². The van der Waals surface area contributed by atoms with Gasteiger partial charge in [0.15, 0.2) is 11.5 Å². The van der Waals surface area contributed by atoms with Gasteiger partial charge in [-0.15, -0.1) is 0 Å². The smallest absolute Gasteiger partial charge is 0.183 e. The zero-order valence-electron chi connectivity index (χ0n) is 6.29. The van der Waals surface area contributed by atoms with E-state index in [4.69, 9.17) is 0 Å². The second-order valence-electron chi connectivity index (χ2n) is 1.35. The first-order valence-corrected chi connectivity index (χ1v) is 3.09. The second-order valence-corrected chi connectivity index (χ2v) is 1.35. The van der Waals surface area contributed by atoms with Crippen LogP contribution < -0.4 is 0 Å². The first-order valence-electron chi connectivity index (χ1n) is 3.09. The summed E-state index contributed by atoms with van der Waals surface area (Å²) in [5.41, 5.74) is 0.269. The number of carbonyl (C=O) groups is 1. The third-order valence-corrected chi connectivity index (χ3v) is 0.722. The number of rotatable bonds is 1. The van der Waals surface area contributed by atoms with Crippen molar-refractivity contribution in [2.24, 2.45) is 0 Å². The maximum Gasteiger partial charge on any atom is 0.183 e. The Balaban J connectivity index is 0.000000371. The third kappa shape index (κ3) is 2.39. The highest BCUT2D eigenvalue weighted by Crippen LogP contribution is 1.89. The third-order valence-electron chi connectivity index (χ3n) is 0.722. The van der Waals surface area contributed by atoms with Crippen LogP contribution in [0.4, 0.5) is 0 Å². The molecule has 0 spiro atoms. The van der Waals surface area contributed by atoms with Crippen LogP contribution in [0.25, 0.3) is 0 Å². The highest BCUT2D eigenvalue weighted by Gasteiger charge is 2.00. The van der Waals surface area contributed by atoms with E-state index in [-0.39, 0.29) is 11.5 Å². The van der Waals surface area contributed by atoms with Gasteiger partial charge in [0.25, 0.3) is 0 Å². The van der Waals surface area contributed by atoms with Crippen molar-refractivity contribution in [1.29, 1.82) is 0 Å². The average Bonchev–Trinajstić information content (AvgIpc) is 2.42.